The van der Waals surface area contributed by atoms with Gasteiger partial charge < -0.3 is 0 Å². The first-order valence-corrected chi connectivity index (χ1v) is 18.0. The highest BCUT2D eigenvalue weighted by Gasteiger charge is 2.22. The molecule has 0 bridgehead atoms. The molecule has 0 N–H and O–H groups in total. The normalized spacial score (nSPS) is 12.0. The first kappa shape index (κ1) is 35.2. The van der Waals surface area contributed by atoms with E-state index in [1.165, 1.54) is 44.5 Å². The van der Waals surface area contributed by atoms with Crippen LogP contribution in [0.2, 0.25) is 0 Å². The molecule has 0 aliphatic rings. The van der Waals surface area contributed by atoms with Crippen LogP contribution in [0.15, 0.2) is 78.9 Å². The van der Waals surface area contributed by atoms with E-state index in [1.54, 1.807) is 0 Å². The summed E-state index contributed by atoms with van der Waals surface area (Å²) in [7, 11) is 0. The average molecular weight is 638 g/mol. The zero-order valence-electron chi connectivity index (χ0n) is 31.3. The zero-order chi connectivity index (χ0) is 34.9. The Morgan fingerprint density at radius 1 is 0.312 bits per heavy atom. The third-order valence-electron chi connectivity index (χ3n) is 9.55. The monoisotopic (exact) mass is 637 g/mol. The van der Waals surface area contributed by atoms with E-state index in [0.717, 1.165) is 34.2 Å². The Morgan fingerprint density at radius 3 is 0.771 bits per heavy atom. The lowest BCUT2D eigenvalue weighted by Gasteiger charge is -2.23. The average Bonchev–Trinajstić information content (AvgIpc) is 3.06. The number of nitrogens with zero attached hydrogens (tertiary/aromatic N) is 3. The SMILES string of the molecule is CC(C)c1cc(C(C)C)c(-c2cccc(-c3cccc(-c4cccc(-c5c(C(C)C)cc(C(C)C)cc5C(C)C)n4)n3)n2)c(C(C)C)c1. The summed E-state index contributed by atoms with van der Waals surface area (Å²) in [5.74, 6) is 2.48. The lowest BCUT2D eigenvalue weighted by atomic mass is 9.83. The van der Waals surface area contributed by atoms with Crippen LogP contribution in [0.5, 0.6) is 0 Å². The quantitative estimate of drug-likeness (QED) is 0.153. The Labute approximate surface area is 290 Å². The van der Waals surface area contributed by atoms with E-state index in [4.69, 9.17) is 15.0 Å². The highest BCUT2D eigenvalue weighted by molar-refractivity contribution is 5.75. The third kappa shape index (κ3) is 7.31. The maximum Gasteiger partial charge on any atom is 0.0894 e. The first-order valence-electron chi connectivity index (χ1n) is 18.0. The van der Waals surface area contributed by atoms with Gasteiger partial charge in [0.15, 0.2) is 0 Å². The number of hydrogen-bond acceptors (Lipinski definition) is 3. The van der Waals surface area contributed by atoms with E-state index >= 15 is 0 Å². The van der Waals surface area contributed by atoms with Gasteiger partial charge in [-0.15, -0.1) is 0 Å². The molecule has 48 heavy (non-hydrogen) atoms. The van der Waals surface area contributed by atoms with Gasteiger partial charge in [0.1, 0.15) is 0 Å². The molecule has 0 fully saturated rings. The van der Waals surface area contributed by atoms with Crippen molar-refractivity contribution in [3.8, 4) is 45.3 Å². The first-order chi connectivity index (χ1) is 22.8. The fourth-order valence-electron chi connectivity index (χ4n) is 6.66. The second kappa shape index (κ2) is 14.6. The molecule has 250 valence electrons. The Morgan fingerprint density at radius 2 is 0.542 bits per heavy atom. The molecule has 3 nitrogen and oxygen atoms in total. The Hall–Kier alpha value is -4.11. The molecule has 0 radical (unpaired) electrons. The lowest BCUT2D eigenvalue weighted by molar-refractivity contribution is 0.806. The molecule has 0 saturated carbocycles. The predicted octanol–water partition coefficient (Wildman–Crippen LogP) is 13.3. The van der Waals surface area contributed by atoms with Crippen molar-refractivity contribution in [2.45, 2.75) is 119 Å². The molecular formula is C45H55N3. The summed E-state index contributed by atoms with van der Waals surface area (Å²) < 4.78 is 0. The fourth-order valence-corrected chi connectivity index (χ4v) is 6.66. The maximum atomic E-state index is 5.28. The van der Waals surface area contributed by atoms with Gasteiger partial charge in [0.25, 0.3) is 0 Å². The summed E-state index contributed by atoms with van der Waals surface area (Å²) in [6, 6.07) is 28.5. The van der Waals surface area contributed by atoms with Crippen molar-refractivity contribution in [1.82, 2.24) is 15.0 Å². The summed E-state index contributed by atoms with van der Waals surface area (Å²) >= 11 is 0. The molecule has 0 aliphatic heterocycles. The summed E-state index contributed by atoms with van der Waals surface area (Å²) in [5.41, 5.74) is 16.2. The molecule has 0 atom stereocenters. The van der Waals surface area contributed by atoms with Gasteiger partial charge in [-0.3, -0.25) is 0 Å². The van der Waals surface area contributed by atoms with Crippen LogP contribution >= 0.6 is 0 Å². The van der Waals surface area contributed by atoms with Crippen molar-refractivity contribution < 1.29 is 0 Å². The maximum absolute atomic E-state index is 5.28. The molecule has 0 saturated heterocycles. The highest BCUT2D eigenvalue weighted by Crippen LogP contribution is 2.40. The second-order valence-corrected chi connectivity index (χ2v) is 15.3. The molecule has 0 aliphatic carbocycles. The topological polar surface area (TPSA) is 38.7 Å². The number of rotatable bonds is 10. The summed E-state index contributed by atoms with van der Waals surface area (Å²) in [6.07, 6.45) is 0. The van der Waals surface area contributed by atoms with Crippen molar-refractivity contribution >= 4 is 0 Å². The van der Waals surface area contributed by atoms with Crippen molar-refractivity contribution in [3.05, 3.63) is 112 Å². The largest absolute Gasteiger partial charge is 0.246 e. The van der Waals surface area contributed by atoms with E-state index in [9.17, 15) is 0 Å². The second-order valence-electron chi connectivity index (χ2n) is 15.3. The highest BCUT2D eigenvalue weighted by atomic mass is 14.8. The van der Waals surface area contributed by atoms with Crippen LogP contribution < -0.4 is 0 Å². The van der Waals surface area contributed by atoms with Crippen LogP contribution in [0.3, 0.4) is 0 Å². The molecule has 0 unspecified atom stereocenters. The Bertz CT molecular complexity index is 1700. The van der Waals surface area contributed by atoms with E-state index in [0.29, 0.717) is 35.5 Å². The molecule has 3 aromatic heterocycles. The molecular weight excluding hydrogens is 583 g/mol. The predicted molar refractivity (Wildman–Crippen MR) is 206 cm³/mol. The number of benzene rings is 2. The van der Waals surface area contributed by atoms with Crippen LogP contribution in [0.25, 0.3) is 45.3 Å². The molecule has 3 heterocycles. The minimum atomic E-state index is 0.385. The Kier molecular flexibility index (Phi) is 10.7. The van der Waals surface area contributed by atoms with Crippen LogP contribution in [-0.4, -0.2) is 15.0 Å². The van der Waals surface area contributed by atoms with Gasteiger partial charge in [-0.25, -0.2) is 15.0 Å². The number of hydrogen-bond donors (Lipinski definition) is 0. The van der Waals surface area contributed by atoms with Crippen molar-refractivity contribution in [2.24, 2.45) is 0 Å². The van der Waals surface area contributed by atoms with Gasteiger partial charge in [0.2, 0.25) is 0 Å². The summed E-state index contributed by atoms with van der Waals surface area (Å²) in [5, 5.41) is 0. The Balaban J connectivity index is 1.60. The molecule has 5 aromatic rings. The minimum absolute atomic E-state index is 0.385. The van der Waals surface area contributed by atoms with Crippen LogP contribution in [-0.2, 0) is 0 Å². The van der Waals surface area contributed by atoms with E-state index < -0.39 is 0 Å². The van der Waals surface area contributed by atoms with Crippen LogP contribution in [0.4, 0.5) is 0 Å². The van der Waals surface area contributed by atoms with E-state index in [1.807, 2.05) is 0 Å². The van der Waals surface area contributed by atoms with E-state index in [2.05, 4.69) is 162 Å². The van der Waals surface area contributed by atoms with Crippen molar-refractivity contribution in [2.75, 3.05) is 0 Å². The summed E-state index contributed by atoms with van der Waals surface area (Å²) in [4.78, 5) is 15.7. The third-order valence-corrected chi connectivity index (χ3v) is 9.55. The summed E-state index contributed by atoms with van der Waals surface area (Å²) in [6.45, 7) is 27.4. The smallest absolute Gasteiger partial charge is 0.0894 e. The van der Waals surface area contributed by atoms with Gasteiger partial charge in [0.05, 0.1) is 34.2 Å². The van der Waals surface area contributed by atoms with Crippen LogP contribution in [0, 0.1) is 0 Å². The van der Waals surface area contributed by atoms with Gasteiger partial charge in [-0.2, -0.15) is 0 Å². The molecule has 3 heteroatoms. The van der Waals surface area contributed by atoms with Gasteiger partial charge in [0, 0.05) is 11.1 Å². The minimum Gasteiger partial charge on any atom is -0.246 e. The molecule has 0 amide bonds. The van der Waals surface area contributed by atoms with Crippen molar-refractivity contribution in [1.29, 1.82) is 0 Å². The van der Waals surface area contributed by atoms with E-state index in [-0.39, 0.29) is 0 Å². The zero-order valence-corrected chi connectivity index (χ0v) is 31.3. The molecule has 2 aromatic carbocycles. The van der Waals surface area contributed by atoms with Crippen LogP contribution in [0.1, 0.15) is 152 Å². The standard InChI is InChI=1S/C45H55N3/c1-26(2)32-22-34(28(5)6)44(35(23-32)29(7)8)42-20-14-18-40(47-42)38-16-13-17-39(46-38)41-19-15-21-43(48-41)45-36(30(9)10)24-33(27(3)4)25-37(45)31(11)12/h13-31H,1-12H3. The van der Waals surface area contributed by atoms with Gasteiger partial charge in [-0.1, -0.05) is 126 Å². The lowest BCUT2D eigenvalue weighted by Crippen LogP contribution is -2.05. The van der Waals surface area contributed by atoms with Gasteiger partial charge in [-0.05, 0) is 105 Å². The molecule has 5 rings (SSSR count). The van der Waals surface area contributed by atoms with Gasteiger partial charge >= 0.3 is 0 Å². The molecule has 0 spiro atoms. The fraction of sp³-hybridized carbons (Fsp3) is 0.400. The van der Waals surface area contributed by atoms with Crippen molar-refractivity contribution in [3.63, 3.8) is 0 Å². The number of pyridine rings is 3. The number of aromatic nitrogens is 3.